The normalized spacial score (nSPS) is 12.3. The van der Waals surface area contributed by atoms with E-state index in [1.807, 2.05) is 52.0 Å². The first-order valence-electron chi connectivity index (χ1n) is 9.40. The smallest absolute Gasteiger partial charge is 0.280 e. The van der Waals surface area contributed by atoms with E-state index in [2.05, 4.69) is 14.9 Å². The summed E-state index contributed by atoms with van der Waals surface area (Å²) >= 11 is 7.29. The third-order valence-electron chi connectivity index (χ3n) is 4.25. The van der Waals surface area contributed by atoms with E-state index in [9.17, 15) is 9.59 Å². The Morgan fingerprint density at radius 2 is 1.87 bits per heavy atom. The molecule has 0 spiro atoms. The Balaban J connectivity index is 2.19. The van der Waals surface area contributed by atoms with E-state index in [0.717, 1.165) is 17.1 Å². The molecule has 2 amide bonds. The summed E-state index contributed by atoms with van der Waals surface area (Å²) in [5.74, 6) is -0.730. The van der Waals surface area contributed by atoms with Gasteiger partial charge < -0.3 is 5.32 Å². The number of nitrogens with one attached hydrogen (secondary N) is 1. The number of rotatable bonds is 5. The van der Waals surface area contributed by atoms with Crippen molar-refractivity contribution in [2.24, 2.45) is 0 Å². The molecular weight excluding hydrogens is 420 g/mol. The highest BCUT2D eigenvalue weighted by atomic mass is 35.5. The molecule has 0 aliphatic carbocycles. The Morgan fingerprint density at radius 3 is 2.47 bits per heavy atom. The van der Waals surface area contributed by atoms with Gasteiger partial charge in [-0.25, -0.2) is 0 Å². The summed E-state index contributed by atoms with van der Waals surface area (Å²) in [5.41, 5.74) is 1.85. The first kappa shape index (κ1) is 21.9. The molecule has 8 heteroatoms. The lowest BCUT2D eigenvalue weighted by molar-refractivity contribution is -0.123. The molecular formula is C22H23ClN4O2S. The van der Waals surface area contributed by atoms with Crippen molar-refractivity contribution in [3.05, 3.63) is 75.8 Å². The van der Waals surface area contributed by atoms with E-state index in [1.165, 1.54) is 4.90 Å². The summed E-state index contributed by atoms with van der Waals surface area (Å²) in [4.78, 5) is 28.4. The predicted molar refractivity (Wildman–Crippen MR) is 120 cm³/mol. The Labute approximate surface area is 185 Å². The van der Waals surface area contributed by atoms with Crippen LogP contribution in [0.5, 0.6) is 0 Å². The van der Waals surface area contributed by atoms with Crippen LogP contribution in [0.4, 0.5) is 5.69 Å². The van der Waals surface area contributed by atoms with Gasteiger partial charge in [0.25, 0.3) is 5.91 Å². The highest BCUT2D eigenvalue weighted by Crippen LogP contribution is 2.32. The molecule has 1 atom stereocenters. The van der Waals surface area contributed by atoms with Gasteiger partial charge in [0.05, 0.1) is 0 Å². The van der Waals surface area contributed by atoms with Crippen LogP contribution < -0.4 is 10.2 Å². The zero-order valence-corrected chi connectivity index (χ0v) is 18.8. The number of carbonyl (C=O) groups excluding carboxylic acids is 2. The third-order valence-corrected chi connectivity index (χ3v) is 4.99. The highest BCUT2D eigenvalue weighted by molar-refractivity contribution is 7.03. The van der Waals surface area contributed by atoms with Crippen LogP contribution in [0.3, 0.4) is 0 Å². The molecule has 0 saturated carbocycles. The van der Waals surface area contributed by atoms with Crippen molar-refractivity contribution in [3.8, 4) is 0 Å². The molecule has 1 unspecified atom stereocenters. The van der Waals surface area contributed by atoms with E-state index >= 15 is 0 Å². The van der Waals surface area contributed by atoms with Gasteiger partial charge in [-0.05, 0) is 63.0 Å². The highest BCUT2D eigenvalue weighted by Gasteiger charge is 2.35. The Hall–Kier alpha value is -2.77. The summed E-state index contributed by atoms with van der Waals surface area (Å²) in [6.45, 7) is 7.63. The second-order valence-electron chi connectivity index (χ2n) is 8.00. The standard InChI is InChI=1S/C22H23ClN4O2S/c1-14-7-5-8-15(11-14)19(20(28)24-22(2,3)4)27(17-10-6-9-16(23)12-17)21(29)18-13-30-26-25-18/h5-13,19H,1-4H3,(H,24,28). The molecule has 3 rings (SSSR count). The van der Waals surface area contributed by atoms with Gasteiger partial charge in [0, 0.05) is 21.6 Å². The number of aromatic nitrogens is 2. The molecule has 0 radical (unpaired) electrons. The van der Waals surface area contributed by atoms with Crippen molar-refractivity contribution in [2.75, 3.05) is 4.90 Å². The predicted octanol–water partition coefficient (Wildman–Crippen LogP) is 4.80. The van der Waals surface area contributed by atoms with E-state index < -0.39 is 17.5 Å². The van der Waals surface area contributed by atoms with E-state index in [4.69, 9.17) is 11.6 Å². The minimum absolute atomic E-state index is 0.168. The molecule has 30 heavy (non-hydrogen) atoms. The Kier molecular flexibility index (Phi) is 6.53. The van der Waals surface area contributed by atoms with Crippen LogP contribution in [-0.2, 0) is 4.79 Å². The lowest BCUT2D eigenvalue weighted by Gasteiger charge is -2.33. The van der Waals surface area contributed by atoms with Crippen molar-refractivity contribution in [1.82, 2.24) is 14.9 Å². The summed E-state index contributed by atoms with van der Waals surface area (Å²) in [6, 6.07) is 13.5. The van der Waals surface area contributed by atoms with Crippen LogP contribution >= 0.6 is 23.1 Å². The first-order valence-corrected chi connectivity index (χ1v) is 10.6. The average Bonchev–Trinajstić information content (AvgIpc) is 3.18. The van der Waals surface area contributed by atoms with Gasteiger partial charge in [0.15, 0.2) is 5.69 Å². The van der Waals surface area contributed by atoms with E-state index in [1.54, 1.807) is 29.6 Å². The van der Waals surface area contributed by atoms with Crippen LogP contribution in [-0.4, -0.2) is 26.9 Å². The van der Waals surface area contributed by atoms with Crippen molar-refractivity contribution in [3.63, 3.8) is 0 Å². The van der Waals surface area contributed by atoms with Crippen molar-refractivity contribution in [2.45, 2.75) is 39.3 Å². The topological polar surface area (TPSA) is 75.2 Å². The van der Waals surface area contributed by atoms with Crippen LogP contribution in [0.25, 0.3) is 0 Å². The fourth-order valence-electron chi connectivity index (χ4n) is 3.09. The molecule has 0 aliphatic rings. The molecule has 1 aromatic heterocycles. The van der Waals surface area contributed by atoms with Gasteiger partial charge in [0.1, 0.15) is 6.04 Å². The summed E-state index contributed by atoms with van der Waals surface area (Å²) < 4.78 is 3.80. The van der Waals surface area contributed by atoms with Crippen LogP contribution in [0.15, 0.2) is 53.9 Å². The fraction of sp³-hybridized carbons (Fsp3) is 0.273. The molecule has 0 saturated heterocycles. The molecule has 6 nitrogen and oxygen atoms in total. The number of amides is 2. The number of benzene rings is 2. The maximum Gasteiger partial charge on any atom is 0.280 e. The van der Waals surface area contributed by atoms with Gasteiger partial charge in [-0.15, -0.1) is 5.10 Å². The molecule has 2 aromatic carbocycles. The molecule has 156 valence electrons. The monoisotopic (exact) mass is 442 g/mol. The van der Waals surface area contributed by atoms with E-state index in [-0.39, 0.29) is 11.6 Å². The van der Waals surface area contributed by atoms with E-state index in [0.29, 0.717) is 16.3 Å². The number of aryl methyl sites for hydroxylation is 1. The fourth-order valence-corrected chi connectivity index (χ4v) is 3.70. The second-order valence-corrected chi connectivity index (χ2v) is 9.05. The van der Waals surface area contributed by atoms with Crippen LogP contribution in [0, 0.1) is 6.92 Å². The lowest BCUT2D eigenvalue weighted by Crippen LogP contribution is -2.49. The zero-order valence-electron chi connectivity index (χ0n) is 17.2. The minimum atomic E-state index is -0.920. The zero-order chi connectivity index (χ0) is 21.9. The minimum Gasteiger partial charge on any atom is -0.349 e. The number of anilines is 1. The van der Waals surface area contributed by atoms with Gasteiger partial charge in [0.2, 0.25) is 5.91 Å². The van der Waals surface area contributed by atoms with Gasteiger partial charge in [-0.3, -0.25) is 14.5 Å². The quantitative estimate of drug-likeness (QED) is 0.615. The van der Waals surface area contributed by atoms with Crippen molar-refractivity contribution in [1.29, 1.82) is 0 Å². The van der Waals surface area contributed by atoms with Crippen LogP contribution in [0.2, 0.25) is 5.02 Å². The number of carbonyl (C=O) groups is 2. The molecule has 0 aliphatic heterocycles. The van der Waals surface area contributed by atoms with Gasteiger partial charge in [-0.2, -0.15) is 0 Å². The molecule has 1 N–H and O–H groups in total. The number of halogens is 1. The Morgan fingerprint density at radius 1 is 1.13 bits per heavy atom. The van der Waals surface area contributed by atoms with Crippen molar-refractivity contribution < 1.29 is 9.59 Å². The van der Waals surface area contributed by atoms with Gasteiger partial charge in [-0.1, -0.05) is 52.0 Å². The number of hydrogen-bond donors (Lipinski definition) is 1. The summed E-state index contributed by atoms with van der Waals surface area (Å²) in [5, 5.41) is 8.95. The SMILES string of the molecule is Cc1cccc(C(C(=O)NC(C)(C)C)N(C(=O)c2csnn2)c2cccc(Cl)c2)c1. The Bertz CT molecular complexity index is 1050. The third kappa shape index (κ3) is 5.23. The second kappa shape index (κ2) is 8.93. The molecule has 0 fully saturated rings. The molecule has 3 aromatic rings. The molecule has 0 bridgehead atoms. The number of hydrogen-bond acceptors (Lipinski definition) is 5. The first-order chi connectivity index (χ1) is 14.2. The summed E-state index contributed by atoms with van der Waals surface area (Å²) in [6.07, 6.45) is 0. The maximum absolute atomic E-state index is 13.5. The summed E-state index contributed by atoms with van der Waals surface area (Å²) in [7, 11) is 0. The maximum atomic E-state index is 13.5. The largest absolute Gasteiger partial charge is 0.349 e. The number of nitrogens with zero attached hydrogens (tertiary/aromatic N) is 3. The van der Waals surface area contributed by atoms with Gasteiger partial charge >= 0.3 is 0 Å². The molecule has 1 heterocycles. The lowest BCUT2D eigenvalue weighted by atomic mass is 9.99. The van der Waals surface area contributed by atoms with Crippen molar-refractivity contribution >= 4 is 40.6 Å². The average molecular weight is 443 g/mol. The van der Waals surface area contributed by atoms with Crippen LogP contribution in [0.1, 0.15) is 48.4 Å².